The number of hydrogen-bond acceptors (Lipinski definition) is 0. The van der Waals surface area contributed by atoms with Gasteiger partial charge in [-0.3, -0.25) is 0 Å². The van der Waals surface area contributed by atoms with Gasteiger partial charge in [0.05, 0.1) is 0 Å². The highest BCUT2D eigenvalue weighted by molar-refractivity contribution is 6.34. The Hall–Kier alpha value is 0.285. The van der Waals surface area contributed by atoms with Gasteiger partial charge in [-0.2, -0.15) is 0 Å². The third-order valence-electron chi connectivity index (χ3n) is 2.98. The highest BCUT2D eigenvalue weighted by atomic mass is 27.1. The van der Waals surface area contributed by atoms with Gasteiger partial charge in [0.2, 0.25) is 31.5 Å². The van der Waals surface area contributed by atoms with E-state index in [9.17, 15) is 0 Å². The molecule has 0 aromatic heterocycles. The molecule has 2 heteroatoms. The second-order valence-corrected chi connectivity index (χ2v) is 8.22. The summed E-state index contributed by atoms with van der Waals surface area (Å²) < 4.78 is 0. The van der Waals surface area contributed by atoms with Crippen molar-refractivity contribution in [1.29, 1.82) is 0 Å². The second kappa shape index (κ2) is 16.3. The normalized spacial score (nSPS) is 9.58. The fraction of sp³-hybridized carbons (Fsp3) is 0.647. The average Bonchev–Trinajstić information content (AvgIpc) is 2.44. The zero-order valence-electron chi connectivity index (χ0n) is 13.3. The first-order chi connectivity index (χ1) is 9.35. The van der Waals surface area contributed by atoms with Crippen LogP contribution in [0.3, 0.4) is 0 Å². The van der Waals surface area contributed by atoms with E-state index in [2.05, 4.69) is 44.2 Å². The Labute approximate surface area is 137 Å². The summed E-state index contributed by atoms with van der Waals surface area (Å²) in [5, 5.41) is 4.22. The Morgan fingerprint density at radius 3 is 2.16 bits per heavy atom. The summed E-state index contributed by atoms with van der Waals surface area (Å²) in [4.78, 5) is 0. The van der Waals surface area contributed by atoms with Crippen molar-refractivity contribution >= 4 is 31.5 Å². The van der Waals surface area contributed by atoms with Gasteiger partial charge in [0.1, 0.15) is 0 Å². The minimum absolute atomic E-state index is 0. The number of unbranched alkanes of at least 4 members (excludes halogenated alkanes) is 5. The van der Waals surface area contributed by atoms with Crippen molar-refractivity contribution in [3.63, 3.8) is 0 Å². The third kappa shape index (κ3) is 14.5. The topological polar surface area (TPSA) is 0 Å². The SMILES string of the molecule is CCCCCCC[CH2][Al][CH2]c1ccccc1.C[CH2][AlH2].[HH]. The lowest BCUT2D eigenvalue weighted by molar-refractivity contribution is 0.624. The van der Waals surface area contributed by atoms with Gasteiger partial charge in [0.25, 0.3) is 0 Å². The highest BCUT2D eigenvalue weighted by Crippen LogP contribution is 2.08. The molecule has 0 bridgehead atoms. The molecule has 1 aromatic carbocycles. The monoisotopic (exact) mass is 291 g/mol. The highest BCUT2D eigenvalue weighted by Gasteiger charge is 1.95. The maximum atomic E-state index is 2.28. The molecule has 1 rings (SSSR count). The van der Waals surface area contributed by atoms with E-state index in [0.29, 0.717) is 15.2 Å². The fourth-order valence-corrected chi connectivity index (χ4v) is 3.34. The summed E-state index contributed by atoms with van der Waals surface area (Å²) in [6, 6.07) is 10.9. The first kappa shape index (κ1) is 19.3. The standard InChI is InChI=1S/C8H17.C7H7.C2H5.2Al.H2.2H/c1-3-5-7-8-6-4-2;1-7-5-3-2-4-6-7;1-2;;;;;/h1,3-8H2,2H3;2-6H,1H2;1H2,2H3;;;1H;;. The van der Waals surface area contributed by atoms with E-state index in [0.717, 1.165) is 0 Å². The summed E-state index contributed by atoms with van der Waals surface area (Å²) in [6.45, 7) is 4.47. The van der Waals surface area contributed by atoms with Gasteiger partial charge in [-0.25, -0.2) is 0 Å². The van der Waals surface area contributed by atoms with Crippen molar-refractivity contribution in [2.24, 2.45) is 0 Å². The quantitative estimate of drug-likeness (QED) is 0.445. The maximum Gasteiger partial charge on any atom is 0.211 e. The minimum atomic E-state index is 0. The summed E-state index contributed by atoms with van der Waals surface area (Å²) in [5.74, 6) is 0. The Morgan fingerprint density at radius 2 is 1.53 bits per heavy atom. The van der Waals surface area contributed by atoms with Gasteiger partial charge >= 0.3 is 0 Å². The van der Waals surface area contributed by atoms with Crippen LogP contribution in [0.15, 0.2) is 30.3 Å². The van der Waals surface area contributed by atoms with Gasteiger partial charge in [0, 0.05) is 1.43 Å². The first-order valence-electron chi connectivity index (χ1n) is 8.20. The third-order valence-corrected chi connectivity index (χ3v) is 4.56. The molecule has 0 atom stereocenters. The molecule has 0 N–H and O–H groups in total. The van der Waals surface area contributed by atoms with Crippen LogP contribution in [0.2, 0.25) is 10.6 Å². The smallest absolute Gasteiger partial charge is 0.104 e. The molecule has 0 fully saturated rings. The molecule has 107 valence electrons. The van der Waals surface area contributed by atoms with Crippen molar-refractivity contribution in [3.8, 4) is 0 Å². The molecule has 0 saturated carbocycles. The molecule has 0 heterocycles. The van der Waals surface area contributed by atoms with Crippen molar-refractivity contribution in [1.82, 2.24) is 0 Å². The lowest BCUT2D eigenvalue weighted by Crippen LogP contribution is -1.96. The first-order valence-corrected chi connectivity index (χ1v) is 11.2. The predicted molar refractivity (Wildman–Crippen MR) is 95.2 cm³/mol. The van der Waals surface area contributed by atoms with Gasteiger partial charge < -0.3 is 0 Å². The van der Waals surface area contributed by atoms with Crippen LogP contribution in [0.4, 0.5) is 0 Å². The fourth-order valence-electron chi connectivity index (χ4n) is 1.95. The van der Waals surface area contributed by atoms with E-state index in [1.165, 1.54) is 76.2 Å². The van der Waals surface area contributed by atoms with Gasteiger partial charge in [-0.05, 0) is 0 Å². The van der Waals surface area contributed by atoms with Crippen molar-refractivity contribution in [2.45, 2.75) is 68.2 Å². The van der Waals surface area contributed by atoms with Crippen LogP contribution in [0.1, 0.15) is 59.4 Å². The van der Waals surface area contributed by atoms with Crippen LogP contribution in [0.5, 0.6) is 0 Å². The van der Waals surface area contributed by atoms with Crippen molar-refractivity contribution in [2.75, 3.05) is 0 Å². The molecule has 0 spiro atoms. The maximum absolute atomic E-state index is 2.28. The van der Waals surface area contributed by atoms with Crippen molar-refractivity contribution in [3.05, 3.63) is 35.9 Å². The van der Waals surface area contributed by atoms with Crippen LogP contribution in [0.25, 0.3) is 0 Å². The summed E-state index contributed by atoms with van der Waals surface area (Å²) in [7, 11) is 0. The summed E-state index contributed by atoms with van der Waals surface area (Å²) in [6.07, 6.45) is 8.62. The lowest BCUT2D eigenvalue weighted by Gasteiger charge is -2.01. The Bertz CT molecular complexity index is 265. The van der Waals surface area contributed by atoms with E-state index in [1.54, 1.807) is 0 Å². The van der Waals surface area contributed by atoms with Crippen LogP contribution >= 0.6 is 0 Å². The summed E-state index contributed by atoms with van der Waals surface area (Å²) >= 11 is 2.02. The predicted octanol–water partition coefficient (Wildman–Crippen LogP) is 4.97. The number of rotatable bonds is 9. The van der Waals surface area contributed by atoms with Crippen LogP contribution < -0.4 is 0 Å². The molecule has 0 aliphatic rings. The molecule has 0 aliphatic carbocycles. The molecule has 0 amide bonds. The molecule has 1 radical (unpaired) electrons. The molecule has 0 aliphatic heterocycles. The van der Waals surface area contributed by atoms with E-state index < -0.39 is 0 Å². The molecule has 0 nitrogen and oxygen atoms in total. The molecular weight excluding hydrogens is 258 g/mol. The van der Waals surface area contributed by atoms with E-state index in [1.807, 2.05) is 0 Å². The average molecular weight is 291 g/mol. The van der Waals surface area contributed by atoms with Crippen LogP contribution in [0, 0.1) is 0 Å². The van der Waals surface area contributed by atoms with E-state index in [-0.39, 0.29) is 1.43 Å². The molecule has 1 aromatic rings. The molecular formula is C17H33Al2. The Kier molecular flexibility index (Phi) is 16.6. The Morgan fingerprint density at radius 1 is 0.947 bits per heavy atom. The number of hydrogen-bond donors (Lipinski definition) is 0. The molecule has 19 heavy (non-hydrogen) atoms. The lowest BCUT2D eigenvalue weighted by atomic mass is 10.1. The van der Waals surface area contributed by atoms with Gasteiger partial charge in [-0.1, -0.05) is 93.6 Å². The van der Waals surface area contributed by atoms with Crippen LogP contribution in [-0.2, 0) is 5.28 Å². The molecule has 0 saturated heterocycles. The number of benzene rings is 1. The zero-order valence-corrected chi connectivity index (χ0v) is 16.5. The Balaban J connectivity index is 0. The zero-order chi connectivity index (χ0) is 14.2. The molecule has 0 unspecified atom stereocenters. The van der Waals surface area contributed by atoms with Crippen LogP contribution in [-0.4, -0.2) is 31.5 Å². The largest absolute Gasteiger partial charge is 0.211 e. The van der Waals surface area contributed by atoms with Gasteiger partial charge in [-0.15, -0.1) is 10.6 Å². The second-order valence-electron chi connectivity index (χ2n) is 5.24. The van der Waals surface area contributed by atoms with E-state index >= 15 is 0 Å². The minimum Gasteiger partial charge on any atom is -0.104 e. The van der Waals surface area contributed by atoms with E-state index in [4.69, 9.17) is 0 Å². The van der Waals surface area contributed by atoms with Crippen molar-refractivity contribution < 1.29 is 1.43 Å². The van der Waals surface area contributed by atoms with Gasteiger partial charge in [0.15, 0.2) is 0 Å². The summed E-state index contributed by atoms with van der Waals surface area (Å²) in [5.41, 5.74) is 1.53.